The van der Waals surface area contributed by atoms with E-state index in [1.54, 1.807) is 36.8 Å². The van der Waals surface area contributed by atoms with Crippen molar-refractivity contribution in [1.82, 2.24) is 34.8 Å². The highest BCUT2D eigenvalue weighted by atomic mass is 19.1. The molecule has 9 nitrogen and oxygen atoms in total. The lowest BCUT2D eigenvalue weighted by Crippen LogP contribution is -2.37. The minimum absolute atomic E-state index is 0.193. The van der Waals surface area contributed by atoms with Crippen molar-refractivity contribution >= 4 is 5.91 Å². The number of nitrogens with zero attached hydrogens (tertiary/aromatic N) is 7. The molecule has 1 aliphatic heterocycles. The molecule has 0 N–H and O–H groups in total. The summed E-state index contributed by atoms with van der Waals surface area (Å²) in [4.78, 5) is 22.8. The quantitative estimate of drug-likeness (QED) is 0.661. The maximum Gasteiger partial charge on any atom is 0.274 e. The molecule has 0 saturated carbocycles. The van der Waals surface area contributed by atoms with Crippen LogP contribution in [0.5, 0.6) is 5.88 Å². The molecule has 0 unspecified atom stereocenters. The normalized spacial score (nSPS) is 16.4. The van der Waals surface area contributed by atoms with Gasteiger partial charge in [-0.2, -0.15) is 5.10 Å². The molecule has 10 heteroatoms. The van der Waals surface area contributed by atoms with Gasteiger partial charge in [0, 0.05) is 25.0 Å². The molecule has 4 heterocycles. The van der Waals surface area contributed by atoms with Crippen molar-refractivity contribution in [3.05, 3.63) is 42.5 Å². The molecule has 0 bridgehead atoms. The predicted octanol–water partition coefficient (Wildman–Crippen LogP) is 1.70. The number of halogens is 1. The largest absolute Gasteiger partial charge is 0.480 e. The number of aromatic nitrogens is 6. The average Bonchev–Trinajstić information content (AvgIpc) is 3.41. The van der Waals surface area contributed by atoms with Crippen LogP contribution in [0, 0.1) is 0 Å². The smallest absolute Gasteiger partial charge is 0.274 e. The number of hydrogen-bond donors (Lipinski definition) is 0. The van der Waals surface area contributed by atoms with Crippen molar-refractivity contribution in [2.24, 2.45) is 0 Å². The Morgan fingerprint density at radius 1 is 1.32 bits per heavy atom. The van der Waals surface area contributed by atoms with Gasteiger partial charge in [0.2, 0.25) is 5.88 Å². The third-order valence-corrected chi connectivity index (χ3v) is 4.62. The third kappa shape index (κ3) is 3.28. The fourth-order valence-electron chi connectivity index (χ4n) is 3.22. The first-order chi connectivity index (χ1) is 13.7. The van der Waals surface area contributed by atoms with Crippen molar-refractivity contribution in [3.8, 4) is 23.1 Å². The zero-order valence-electron chi connectivity index (χ0n) is 15.2. The lowest BCUT2D eigenvalue weighted by atomic mass is 10.2. The van der Waals surface area contributed by atoms with Crippen LogP contribution in [0.15, 0.2) is 36.8 Å². The van der Waals surface area contributed by atoms with Crippen LogP contribution < -0.4 is 4.74 Å². The van der Waals surface area contributed by atoms with E-state index in [1.807, 2.05) is 0 Å². The highest BCUT2D eigenvalue weighted by Gasteiger charge is 2.31. The van der Waals surface area contributed by atoms with Gasteiger partial charge in [0.15, 0.2) is 11.5 Å². The van der Waals surface area contributed by atoms with E-state index < -0.39 is 12.7 Å². The predicted molar refractivity (Wildman–Crippen MR) is 96.8 cm³/mol. The van der Waals surface area contributed by atoms with Crippen LogP contribution in [0.2, 0.25) is 0 Å². The molecule has 4 rings (SSSR count). The van der Waals surface area contributed by atoms with Crippen molar-refractivity contribution in [2.75, 3.05) is 20.3 Å². The summed E-state index contributed by atoms with van der Waals surface area (Å²) in [5.74, 6) is 0.436. The van der Waals surface area contributed by atoms with Gasteiger partial charge in [-0.05, 0) is 25.0 Å². The summed E-state index contributed by atoms with van der Waals surface area (Å²) in [5.41, 5.74) is 1.25. The molecular weight excluding hydrogens is 365 g/mol. The number of alkyl halides is 1. The van der Waals surface area contributed by atoms with Gasteiger partial charge in [0.25, 0.3) is 5.91 Å². The lowest BCUT2D eigenvalue weighted by Gasteiger charge is -2.21. The fraction of sp³-hybridized carbons (Fsp3) is 0.333. The summed E-state index contributed by atoms with van der Waals surface area (Å²) >= 11 is 0. The first-order valence-corrected chi connectivity index (χ1v) is 8.82. The molecule has 1 amide bonds. The van der Waals surface area contributed by atoms with Crippen LogP contribution in [0.25, 0.3) is 17.2 Å². The van der Waals surface area contributed by atoms with Gasteiger partial charge < -0.3 is 9.64 Å². The molecule has 1 aliphatic rings. The van der Waals surface area contributed by atoms with Gasteiger partial charge in [-0.25, -0.2) is 9.07 Å². The Morgan fingerprint density at radius 2 is 2.21 bits per heavy atom. The number of amides is 1. The van der Waals surface area contributed by atoms with Gasteiger partial charge in [-0.1, -0.05) is 0 Å². The van der Waals surface area contributed by atoms with E-state index in [0.29, 0.717) is 36.1 Å². The van der Waals surface area contributed by atoms with E-state index in [-0.39, 0.29) is 11.6 Å². The SMILES string of the molecule is COc1ccc(-n2nc(C(=O)N3CCC[C@H]3CF)cc2-c2cnccn2)nn1. The van der Waals surface area contributed by atoms with Crippen LogP contribution in [-0.4, -0.2) is 67.1 Å². The standard InChI is InChI=1S/C18H18FN7O2/c1-28-17-5-4-16(22-23-17)26-15(14-11-20-6-7-21-14)9-13(24-26)18(27)25-8-2-3-12(25)10-19/h4-7,9,11-12H,2-3,8,10H2,1H3/t12-/m0/s1. The van der Waals surface area contributed by atoms with E-state index in [2.05, 4.69) is 25.3 Å². The number of methoxy groups -OCH3 is 1. The molecule has 3 aromatic rings. The summed E-state index contributed by atoms with van der Waals surface area (Å²) in [6, 6.07) is 4.53. The Balaban J connectivity index is 1.77. The molecular formula is C18H18FN7O2. The van der Waals surface area contributed by atoms with Gasteiger partial charge in [0.1, 0.15) is 12.4 Å². The fourth-order valence-corrected chi connectivity index (χ4v) is 3.22. The second-order valence-corrected chi connectivity index (χ2v) is 6.30. The van der Waals surface area contributed by atoms with E-state index >= 15 is 0 Å². The summed E-state index contributed by atoms with van der Waals surface area (Å²) in [6.07, 6.45) is 6.11. The van der Waals surface area contributed by atoms with Crippen molar-refractivity contribution < 1.29 is 13.9 Å². The van der Waals surface area contributed by atoms with Crippen LogP contribution in [0.1, 0.15) is 23.3 Å². The molecule has 28 heavy (non-hydrogen) atoms. The Kier molecular flexibility index (Phi) is 4.92. The van der Waals surface area contributed by atoms with Crippen molar-refractivity contribution in [3.63, 3.8) is 0 Å². The van der Waals surface area contributed by atoms with Crippen LogP contribution in [-0.2, 0) is 0 Å². The number of likely N-dealkylation sites (tertiary alicyclic amines) is 1. The maximum absolute atomic E-state index is 13.2. The molecule has 0 aliphatic carbocycles. The van der Waals surface area contributed by atoms with Crippen LogP contribution >= 0.6 is 0 Å². The molecule has 3 aromatic heterocycles. The van der Waals surface area contributed by atoms with Gasteiger partial charge in [0.05, 0.1) is 25.0 Å². The second kappa shape index (κ2) is 7.67. The maximum atomic E-state index is 13.2. The minimum Gasteiger partial charge on any atom is -0.480 e. The summed E-state index contributed by atoms with van der Waals surface area (Å²) in [5, 5.41) is 12.5. The van der Waals surface area contributed by atoms with E-state index in [9.17, 15) is 9.18 Å². The second-order valence-electron chi connectivity index (χ2n) is 6.30. The molecule has 0 radical (unpaired) electrons. The first-order valence-electron chi connectivity index (χ1n) is 8.82. The van der Waals surface area contributed by atoms with Crippen LogP contribution in [0.4, 0.5) is 4.39 Å². The topological polar surface area (TPSA) is 98.9 Å². The number of rotatable bonds is 5. The lowest BCUT2D eigenvalue weighted by molar-refractivity contribution is 0.0710. The van der Waals surface area contributed by atoms with Gasteiger partial charge in [-0.15, -0.1) is 10.2 Å². The molecule has 0 aromatic carbocycles. The third-order valence-electron chi connectivity index (χ3n) is 4.62. The van der Waals surface area contributed by atoms with Crippen LogP contribution in [0.3, 0.4) is 0 Å². The van der Waals surface area contributed by atoms with E-state index in [0.717, 1.165) is 6.42 Å². The number of carbonyl (C=O) groups is 1. The zero-order chi connectivity index (χ0) is 19.5. The number of carbonyl (C=O) groups excluding carboxylic acids is 1. The monoisotopic (exact) mass is 383 g/mol. The molecule has 1 atom stereocenters. The highest BCUT2D eigenvalue weighted by Crippen LogP contribution is 2.25. The average molecular weight is 383 g/mol. The first kappa shape index (κ1) is 18.0. The van der Waals surface area contributed by atoms with Gasteiger partial charge >= 0.3 is 0 Å². The summed E-state index contributed by atoms with van der Waals surface area (Å²) < 4.78 is 19.8. The Hall–Kier alpha value is -3.43. The highest BCUT2D eigenvalue weighted by molar-refractivity contribution is 5.94. The molecule has 1 saturated heterocycles. The van der Waals surface area contributed by atoms with E-state index in [4.69, 9.17) is 4.74 Å². The molecule has 144 valence electrons. The molecule has 0 spiro atoms. The Labute approximate surface area is 160 Å². The summed E-state index contributed by atoms with van der Waals surface area (Å²) in [7, 11) is 1.50. The van der Waals surface area contributed by atoms with Crippen molar-refractivity contribution in [1.29, 1.82) is 0 Å². The number of hydrogen-bond acceptors (Lipinski definition) is 7. The van der Waals surface area contributed by atoms with Gasteiger partial charge in [-0.3, -0.25) is 14.8 Å². The zero-order valence-corrected chi connectivity index (χ0v) is 15.2. The van der Waals surface area contributed by atoms with E-state index in [1.165, 1.54) is 16.7 Å². The van der Waals surface area contributed by atoms with Crippen molar-refractivity contribution in [2.45, 2.75) is 18.9 Å². The Morgan fingerprint density at radius 3 is 2.89 bits per heavy atom. The summed E-state index contributed by atoms with van der Waals surface area (Å²) in [6.45, 7) is -0.0451. The number of ether oxygens (including phenoxy) is 1. The molecule has 1 fully saturated rings. The Bertz CT molecular complexity index is 962. The minimum atomic E-state index is -0.562.